The van der Waals surface area contributed by atoms with Crippen molar-refractivity contribution in [2.75, 3.05) is 25.2 Å². The van der Waals surface area contributed by atoms with Crippen molar-refractivity contribution in [3.8, 4) is 11.6 Å². The van der Waals surface area contributed by atoms with Crippen LogP contribution in [-0.2, 0) is 0 Å². The summed E-state index contributed by atoms with van der Waals surface area (Å²) in [6, 6.07) is 11.2. The fourth-order valence-electron chi connectivity index (χ4n) is 2.29. The number of aryl methyl sites for hydroxylation is 1. The standard InChI is InChI=1S/C21H31N5O3/c1-15(2)23-24-19-10-11-20(26-25-19)29-14-21(4,5)22-12-17(27)13-28-18-9-7-6-8-16(18)3/h6-11,17,22,27H,12-14H2,1-5H3,(H,24,25). The van der Waals surface area contributed by atoms with Crippen LogP contribution in [0.5, 0.6) is 11.6 Å². The first-order chi connectivity index (χ1) is 13.7. The molecule has 0 saturated heterocycles. The van der Waals surface area contributed by atoms with Gasteiger partial charge in [0.1, 0.15) is 25.1 Å². The third kappa shape index (κ3) is 8.45. The van der Waals surface area contributed by atoms with Crippen molar-refractivity contribution in [2.24, 2.45) is 5.10 Å². The molecule has 1 heterocycles. The monoisotopic (exact) mass is 401 g/mol. The minimum Gasteiger partial charge on any atom is -0.491 e. The third-order valence-corrected chi connectivity index (χ3v) is 3.96. The molecule has 8 heteroatoms. The predicted molar refractivity (Wildman–Crippen MR) is 115 cm³/mol. The molecule has 1 unspecified atom stereocenters. The normalized spacial score (nSPS) is 12.2. The van der Waals surface area contributed by atoms with Gasteiger partial charge in [0.25, 0.3) is 0 Å². The Balaban J connectivity index is 1.73. The summed E-state index contributed by atoms with van der Waals surface area (Å²) in [5.74, 6) is 1.75. The first-order valence-corrected chi connectivity index (χ1v) is 9.60. The number of hydrogen-bond acceptors (Lipinski definition) is 8. The lowest BCUT2D eigenvalue weighted by Gasteiger charge is -2.27. The van der Waals surface area contributed by atoms with Crippen LogP contribution in [0.1, 0.15) is 33.3 Å². The van der Waals surface area contributed by atoms with Gasteiger partial charge in [0.05, 0.1) is 0 Å². The van der Waals surface area contributed by atoms with Crippen LogP contribution in [0.3, 0.4) is 0 Å². The number of nitrogens with zero attached hydrogens (tertiary/aromatic N) is 3. The highest BCUT2D eigenvalue weighted by molar-refractivity contribution is 5.79. The summed E-state index contributed by atoms with van der Waals surface area (Å²) in [5.41, 5.74) is 4.38. The van der Waals surface area contributed by atoms with E-state index < -0.39 is 6.10 Å². The van der Waals surface area contributed by atoms with Gasteiger partial charge in [-0.15, -0.1) is 10.2 Å². The molecule has 0 aliphatic heterocycles. The number of aromatic nitrogens is 2. The van der Waals surface area contributed by atoms with E-state index in [1.165, 1.54) is 0 Å². The Morgan fingerprint density at radius 2 is 1.90 bits per heavy atom. The molecule has 0 fully saturated rings. The van der Waals surface area contributed by atoms with Gasteiger partial charge in [0, 0.05) is 23.9 Å². The Morgan fingerprint density at radius 3 is 2.55 bits per heavy atom. The Kier molecular flexibility index (Phi) is 8.35. The summed E-state index contributed by atoms with van der Waals surface area (Å²) in [5, 5.41) is 25.6. The van der Waals surface area contributed by atoms with E-state index in [1.807, 2.05) is 58.9 Å². The second-order valence-electron chi connectivity index (χ2n) is 7.71. The van der Waals surface area contributed by atoms with Crippen LogP contribution in [0, 0.1) is 6.92 Å². The second-order valence-corrected chi connectivity index (χ2v) is 7.71. The Morgan fingerprint density at radius 1 is 1.14 bits per heavy atom. The lowest BCUT2D eigenvalue weighted by atomic mass is 10.1. The topological polar surface area (TPSA) is 101 Å². The molecular weight excluding hydrogens is 370 g/mol. The molecule has 0 aliphatic rings. The molecule has 0 spiro atoms. The smallest absolute Gasteiger partial charge is 0.233 e. The van der Waals surface area contributed by atoms with Crippen molar-refractivity contribution in [3.05, 3.63) is 42.0 Å². The van der Waals surface area contributed by atoms with Gasteiger partial charge in [-0.25, -0.2) is 0 Å². The van der Waals surface area contributed by atoms with Gasteiger partial charge in [-0.05, 0) is 52.3 Å². The molecule has 0 amide bonds. The highest BCUT2D eigenvalue weighted by Gasteiger charge is 2.20. The van der Waals surface area contributed by atoms with Gasteiger partial charge in [-0.2, -0.15) is 5.10 Å². The molecule has 2 rings (SSSR count). The number of para-hydroxylation sites is 1. The quantitative estimate of drug-likeness (QED) is 0.393. The van der Waals surface area contributed by atoms with Gasteiger partial charge in [0.2, 0.25) is 5.88 Å². The van der Waals surface area contributed by atoms with Crippen LogP contribution in [0.4, 0.5) is 5.82 Å². The Labute approximate surface area is 172 Å². The summed E-state index contributed by atoms with van der Waals surface area (Å²) in [4.78, 5) is 0. The first-order valence-electron chi connectivity index (χ1n) is 9.60. The second kappa shape index (κ2) is 10.7. The van der Waals surface area contributed by atoms with Crippen LogP contribution < -0.4 is 20.2 Å². The molecule has 158 valence electrons. The van der Waals surface area contributed by atoms with Crippen LogP contribution >= 0.6 is 0 Å². The first kappa shape index (κ1) is 22.6. The average Bonchev–Trinajstić information content (AvgIpc) is 2.69. The lowest BCUT2D eigenvalue weighted by Crippen LogP contribution is -2.48. The third-order valence-electron chi connectivity index (χ3n) is 3.96. The Hall–Kier alpha value is -2.71. The molecule has 0 radical (unpaired) electrons. The minimum absolute atomic E-state index is 0.217. The minimum atomic E-state index is -0.637. The molecule has 0 bridgehead atoms. The highest BCUT2D eigenvalue weighted by atomic mass is 16.5. The number of hydrazone groups is 1. The van der Waals surface area contributed by atoms with Crippen molar-refractivity contribution in [3.63, 3.8) is 0 Å². The van der Waals surface area contributed by atoms with Crippen molar-refractivity contribution in [1.82, 2.24) is 15.5 Å². The summed E-state index contributed by atoms with van der Waals surface area (Å²) in [6.07, 6.45) is -0.637. The van der Waals surface area contributed by atoms with Gasteiger partial charge >= 0.3 is 0 Å². The van der Waals surface area contributed by atoms with E-state index in [0.717, 1.165) is 17.0 Å². The van der Waals surface area contributed by atoms with Crippen molar-refractivity contribution in [1.29, 1.82) is 0 Å². The fourth-order valence-corrected chi connectivity index (χ4v) is 2.29. The van der Waals surface area contributed by atoms with Gasteiger partial charge in [0.15, 0.2) is 5.82 Å². The maximum atomic E-state index is 10.2. The largest absolute Gasteiger partial charge is 0.491 e. The highest BCUT2D eigenvalue weighted by Crippen LogP contribution is 2.16. The molecule has 1 atom stereocenters. The van der Waals surface area contributed by atoms with E-state index in [1.54, 1.807) is 12.1 Å². The number of β-amino-alcohol motifs (C(OH)–C–C–N with tert-alkyl or cyclic N) is 1. The van der Waals surface area contributed by atoms with Gasteiger partial charge in [-0.3, -0.25) is 5.43 Å². The van der Waals surface area contributed by atoms with Gasteiger partial charge in [-0.1, -0.05) is 18.2 Å². The number of anilines is 1. The van der Waals surface area contributed by atoms with E-state index in [4.69, 9.17) is 9.47 Å². The number of nitrogens with one attached hydrogen (secondary N) is 2. The van der Waals surface area contributed by atoms with E-state index in [9.17, 15) is 5.11 Å². The molecule has 29 heavy (non-hydrogen) atoms. The van der Waals surface area contributed by atoms with Crippen molar-refractivity contribution in [2.45, 2.75) is 46.3 Å². The zero-order valence-electron chi connectivity index (χ0n) is 17.8. The summed E-state index contributed by atoms with van der Waals surface area (Å²) >= 11 is 0. The van der Waals surface area contributed by atoms with Crippen LogP contribution in [0.2, 0.25) is 0 Å². The SMILES string of the molecule is CC(C)=NNc1ccc(OCC(C)(C)NCC(O)COc2ccccc2C)nn1. The maximum absolute atomic E-state index is 10.2. The molecular formula is C21H31N5O3. The van der Waals surface area contributed by atoms with Crippen molar-refractivity contribution >= 4 is 11.5 Å². The number of rotatable bonds is 11. The summed E-state index contributed by atoms with van der Waals surface area (Å²) < 4.78 is 11.4. The zero-order valence-corrected chi connectivity index (χ0v) is 17.8. The molecule has 2 aromatic rings. The molecule has 0 saturated carbocycles. The van der Waals surface area contributed by atoms with Crippen LogP contribution in [-0.4, -0.2) is 52.4 Å². The molecule has 3 N–H and O–H groups in total. The summed E-state index contributed by atoms with van der Waals surface area (Å²) in [7, 11) is 0. The number of benzene rings is 1. The van der Waals surface area contributed by atoms with E-state index in [-0.39, 0.29) is 12.1 Å². The molecule has 1 aromatic heterocycles. The zero-order chi connectivity index (χ0) is 21.3. The van der Waals surface area contributed by atoms with E-state index in [0.29, 0.717) is 24.8 Å². The summed E-state index contributed by atoms with van der Waals surface area (Å²) in [6.45, 7) is 10.7. The Bertz CT molecular complexity index is 789. The number of aliphatic hydroxyl groups is 1. The molecule has 1 aromatic carbocycles. The fraction of sp³-hybridized carbons (Fsp3) is 0.476. The number of ether oxygens (including phenoxy) is 2. The van der Waals surface area contributed by atoms with Crippen LogP contribution in [0.25, 0.3) is 0 Å². The predicted octanol–water partition coefficient (Wildman–Crippen LogP) is 2.78. The van der Waals surface area contributed by atoms with Crippen LogP contribution in [0.15, 0.2) is 41.5 Å². The van der Waals surface area contributed by atoms with Gasteiger partial charge < -0.3 is 19.9 Å². The number of aliphatic hydroxyl groups excluding tert-OH is 1. The number of hydrogen-bond donors (Lipinski definition) is 3. The van der Waals surface area contributed by atoms with E-state index >= 15 is 0 Å². The lowest BCUT2D eigenvalue weighted by molar-refractivity contribution is 0.0920. The maximum Gasteiger partial charge on any atom is 0.233 e. The van der Waals surface area contributed by atoms with Crippen molar-refractivity contribution < 1.29 is 14.6 Å². The molecule has 0 aliphatic carbocycles. The molecule has 8 nitrogen and oxygen atoms in total. The van der Waals surface area contributed by atoms with E-state index in [2.05, 4.69) is 26.0 Å². The average molecular weight is 402 g/mol.